The van der Waals surface area contributed by atoms with Crippen LogP contribution in [0.3, 0.4) is 0 Å². The molecule has 0 atom stereocenters. The van der Waals surface area contributed by atoms with Crippen molar-refractivity contribution in [3.8, 4) is 12.0 Å². The summed E-state index contributed by atoms with van der Waals surface area (Å²) in [5.74, 6) is 2.11. The summed E-state index contributed by atoms with van der Waals surface area (Å²) in [4.78, 5) is 38.0. The van der Waals surface area contributed by atoms with E-state index >= 15 is 0 Å². The summed E-state index contributed by atoms with van der Waals surface area (Å²) >= 11 is 0. The standard InChI is InChI=1S/C26H33N9O3/c1-16(2)23(36)34-14-17(15-34)38-26-28-20-21(32(26)5)29-24(30-22(20)33-10-12-37-13-11-33)35-19-9-7-6-8-18(19)27-25(35)31(3)4/h6-9,16-17H,10-15H2,1-5H3. The molecule has 2 aliphatic rings. The first kappa shape index (κ1) is 24.4. The predicted molar refractivity (Wildman–Crippen MR) is 144 cm³/mol. The molecule has 1 aromatic carbocycles. The summed E-state index contributed by atoms with van der Waals surface area (Å²) in [7, 11) is 5.82. The van der Waals surface area contributed by atoms with Gasteiger partial charge in [0.15, 0.2) is 17.0 Å². The molecule has 0 spiro atoms. The van der Waals surface area contributed by atoms with Crippen molar-refractivity contribution in [3.63, 3.8) is 0 Å². The molecule has 200 valence electrons. The van der Waals surface area contributed by atoms with Gasteiger partial charge in [0.25, 0.3) is 6.01 Å². The van der Waals surface area contributed by atoms with Gasteiger partial charge in [-0.3, -0.25) is 9.36 Å². The van der Waals surface area contributed by atoms with E-state index in [-0.39, 0.29) is 17.9 Å². The monoisotopic (exact) mass is 519 g/mol. The Kier molecular flexibility index (Phi) is 6.05. The molecule has 0 N–H and O–H groups in total. The Labute approximate surface area is 220 Å². The van der Waals surface area contributed by atoms with Gasteiger partial charge >= 0.3 is 0 Å². The van der Waals surface area contributed by atoms with Crippen LogP contribution < -0.4 is 14.5 Å². The minimum Gasteiger partial charge on any atom is -0.458 e. The van der Waals surface area contributed by atoms with Crippen LogP contribution in [0.4, 0.5) is 11.8 Å². The first-order valence-electron chi connectivity index (χ1n) is 13.0. The molecule has 2 aliphatic heterocycles. The highest BCUT2D eigenvalue weighted by Crippen LogP contribution is 2.32. The molecular weight excluding hydrogens is 486 g/mol. The number of benzene rings is 1. The number of morpholine rings is 1. The summed E-state index contributed by atoms with van der Waals surface area (Å²) in [6, 6.07) is 8.44. The van der Waals surface area contributed by atoms with Crippen LogP contribution >= 0.6 is 0 Å². The first-order chi connectivity index (χ1) is 18.3. The molecule has 38 heavy (non-hydrogen) atoms. The van der Waals surface area contributed by atoms with Crippen molar-refractivity contribution in [3.05, 3.63) is 24.3 Å². The molecule has 0 saturated carbocycles. The lowest BCUT2D eigenvalue weighted by Gasteiger charge is -2.39. The smallest absolute Gasteiger partial charge is 0.298 e. The molecule has 2 saturated heterocycles. The van der Waals surface area contributed by atoms with Crippen LogP contribution in [-0.4, -0.2) is 99.5 Å². The van der Waals surface area contributed by atoms with E-state index < -0.39 is 0 Å². The molecule has 0 aliphatic carbocycles. The number of aromatic nitrogens is 6. The summed E-state index contributed by atoms with van der Waals surface area (Å²) in [5, 5.41) is 0. The number of ether oxygens (including phenoxy) is 2. The van der Waals surface area contributed by atoms with Crippen LogP contribution in [0, 0.1) is 5.92 Å². The van der Waals surface area contributed by atoms with Crippen molar-refractivity contribution < 1.29 is 14.3 Å². The topological polar surface area (TPSA) is 107 Å². The quantitative estimate of drug-likeness (QED) is 0.377. The van der Waals surface area contributed by atoms with Crippen molar-refractivity contribution in [1.29, 1.82) is 0 Å². The summed E-state index contributed by atoms with van der Waals surface area (Å²) in [6.45, 7) is 7.59. The molecule has 6 rings (SSSR count). The molecule has 1 amide bonds. The zero-order valence-electron chi connectivity index (χ0n) is 22.5. The van der Waals surface area contributed by atoms with Gasteiger partial charge < -0.3 is 24.2 Å². The van der Waals surface area contributed by atoms with Crippen molar-refractivity contribution in [2.24, 2.45) is 13.0 Å². The molecular formula is C26H33N9O3. The molecule has 2 fully saturated rings. The van der Waals surface area contributed by atoms with Gasteiger partial charge in [-0.2, -0.15) is 15.0 Å². The number of nitrogens with zero attached hydrogens (tertiary/aromatic N) is 9. The van der Waals surface area contributed by atoms with E-state index in [0.29, 0.717) is 62.5 Å². The lowest BCUT2D eigenvalue weighted by atomic mass is 10.1. The van der Waals surface area contributed by atoms with Crippen LogP contribution in [-0.2, 0) is 16.6 Å². The molecule has 0 radical (unpaired) electrons. The second kappa shape index (κ2) is 9.43. The number of imidazole rings is 2. The fraction of sp³-hybridized carbons (Fsp3) is 0.500. The van der Waals surface area contributed by atoms with E-state index in [1.54, 1.807) is 0 Å². The number of hydrogen-bond donors (Lipinski definition) is 0. The highest BCUT2D eigenvalue weighted by atomic mass is 16.5. The minimum atomic E-state index is -0.106. The fourth-order valence-corrected chi connectivity index (χ4v) is 4.93. The Morgan fingerprint density at radius 2 is 1.82 bits per heavy atom. The van der Waals surface area contributed by atoms with Crippen LogP contribution in [0.1, 0.15) is 13.8 Å². The van der Waals surface area contributed by atoms with Crippen LogP contribution in [0.15, 0.2) is 24.3 Å². The molecule has 4 aromatic rings. The Hall–Kier alpha value is -3.93. The number of amides is 1. The number of likely N-dealkylation sites (tertiary alicyclic amines) is 1. The zero-order valence-corrected chi connectivity index (χ0v) is 22.5. The predicted octanol–water partition coefficient (Wildman–Crippen LogP) is 1.85. The van der Waals surface area contributed by atoms with E-state index in [0.717, 1.165) is 22.8 Å². The van der Waals surface area contributed by atoms with Gasteiger partial charge in [0, 0.05) is 40.2 Å². The number of carbonyl (C=O) groups excluding carboxylic acids is 1. The molecule has 12 nitrogen and oxygen atoms in total. The number of hydrogen-bond acceptors (Lipinski definition) is 9. The van der Waals surface area contributed by atoms with E-state index in [1.165, 1.54) is 0 Å². The van der Waals surface area contributed by atoms with E-state index in [4.69, 9.17) is 29.4 Å². The Balaban J connectivity index is 1.44. The van der Waals surface area contributed by atoms with Gasteiger partial charge in [0.05, 0.1) is 37.3 Å². The van der Waals surface area contributed by atoms with Gasteiger partial charge in [0.2, 0.25) is 17.8 Å². The highest BCUT2D eigenvalue weighted by Gasteiger charge is 2.35. The lowest BCUT2D eigenvalue weighted by molar-refractivity contribution is -0.143. The summed E-state index contributed by atoms with van der Waals surface area (Å²) in [6.07, 6.45) is -0.106. The number of carbonyl (C=O) groups is 1. The van der Waals surface area contributed by atoms with E-state index in [2.05, 4.69) is 4.90 Å². The Morgan fingerprint density at radius 1 is 1.08 bits per heavy atom. The number of para-hydroxylation sites is 2. The second-order valence-electron chi connectivity index (χ2n) is 10.3. The fourth-order valence-electron chi connectivity index (χ4n) is 4.93. The zero-order chi connectivity index (χ0) is 26.6. The number of anilines is 2. The van der Waals surface area contributed by atoms with Gasteiger partial charge in [-0.05, 0) is 12.1 Å². The molecule has 0 unspecified atom stereocenters. The second-order valence-corrected chi connectivity index (χ2v) is 10.3. The molecule has 12 heteroatoms. The van der Waals surface area contributed by atoms with Crippen molar-refractivity contribution in [2.75, 3.05) is 63.3 Å². The normalized spacial score (nSPS) is 16.5. The summed E-state index contributed by atoms with van der Waals surface area (Å²) in [5.41, 5.74) is 3.14. The SMILES string of the molecule is CC(C)C(=O)N1CC(Oc2nc3c(N4CCOCC4)nc(-n4c(N(C)C)nc5ccccc54)nc3n2C)C1. The van der Waals surface area contributed by atoms with Crippen LogP contribution in [0.5, 0.6) is 6.01 Å². The average molecular weight is 520 g/mol. The third-order valence-corrected chi connectivity index (χ3v) is 7.03. The van der Waals surface area contributed by atoms with E-state index in [1.807, 2.05) is 78.2 Å². The lowest BCUT2D eigenvalue weighted by Crippen LogP contribution is -2.57. The van der Waals surface area contributed by atoms with Crippen molar-refractivity contribution in [2.45, 2.75) is 20.0 Å². The van der Waals surface area contributed by atoms with Gasteiger partial charge in [-0.25, -0.2) is 9.55 Å². The number of rotatable bonds is 6. The molecule has 0 bridgehead atoms. The van der Waals surface area contributed by atoms with Crippen LogP contribution in [0.2, 0.25) is 0 Å². The molecule has 3 aromatic heterocycles. The van der Waals surface area contributed by atoms with Gasteiger partial charge in [0.1, 0.15) is 6.10 Å². The summed E-state index contributed by atoms with van der Waals surface area (Å²) < 4.78 is 15.7. The van der Waals surface area contributed by atoms with E-state index in [9.17, 15) is 4.79 Å². The third-order valence-electron chi connectivity index (χ3n) is 7.03. The van der Waals surface area contributed by atoms with Crippen molar-refractivity contribution >= 4 is 39.9 Å². The third kappa shape index (κ3) is 4.08. The number of fused-ring (bicyclic) bond motifs is 2. The van der Waals surface area contributed by atoms with Crippen molar-refractivity contribution in [1.82, 2.24) is 34.0 Å². The van der Waals surface area contributed by atoms with Crippen LogP contribution in [0.25, 0.3) is 28.1 Å². The van der Waals surface area contributed by atoms with Gasteiger partial charge in [-0.15, -0.1) is 0 Å². The maximum atomic E-state index is 12.3. The minimum absolute atomic E-state index is 0.0252. The largest absolute Gasteiger partial charge is 0.458 e. The maximum Gasteiger partial charge on any atom is 0.298 e. The Morgan fingerprint density at radius 3 is 2.53 bits per heavy atom. The van der Waals surface area contributed by atoms with Gasteiger partial charge in [-0.1, -0.05) is 26.0 Å². The number of aryl methyl sites for hydroxylation is 1. The highest BCUT2D eigenvalue weighted by molar-refractivity contribution is 5.87. The molecule has 5 heterocycles. The maximum absolute atomic E-state index is 12.3. The average Bonchev–Trinajstić information content (AvgIpc) is 3.43. The Bertz CT molecular complexity index is 1500. The first-order valence-corrected chi connectivity index (χ1v) is 13.0.